The van der Waals surface area contributed by atoms with Crippen LogP contribution in [0.15, 0.2) is 0 Å². The Balaban J connectivity index is 1.98. The number of nitrogens with zero attached hydrogens (tertiary/aromatic N) is 1. The summed E-state index contributed by atoms with van der Waals surface area (Å²) in [5.41, 5.74) is -0.509. The number of carboxylic acids is 1. The van der Waals surface area contributed by atoms with Gasteiger partial charge >= 0.3 is 5.97 Å². The maximum absolute atomic E-state index is 11.3. The van der Waals surface area contributed by atoms with E-state index in [9.17, 15) is 9.90 Å². The van der Waals surface area contributed by atoms with Gasteiger partial charge in [0.25, 0.3) is 0 Å². The van der Waals surface area contributed by atoms with Crippen LogP contribution in [-0.4, -0.2) is 35.1 Å². The van der Waals surface area contributed by atoms with Crippen molar-refractivity contribution in [1.29, 1.82) is 0 Å². The van der Waals surface area contributed by atoms with Crippen LogP contribution in [0.5, 0.6) is 0 Å². The maximum Gasteiger partial charge on any atom is 0.310 e. The zero-order chi connectivity index (χ0) is 12.3. The molecule has 0 bridgehead atoms. The smallest absolute Gasteiger partial charge is 0.310 e. The van der Waals surface area contributed by atoms with Crippen molar-refractivity contribution in [3.63, 3.8) is 0 Å². The van der Waals surface area contributed by atoms with Crippen molar-refractivity contribution in [2.75, 3.05) is 13.1 Å². The lowest BCUT2D eigenvalue weighted by Crippen LogP contribution is -2.49. The van der Waals surface area contributed by atoms with Gasteiger partial charge in [-0.1, -0.05) is 25.7 Å². The molecular weight excluding hydrogens is 214 g/mol. The summed E-state index contributed by atoms with van der Waals surface area (Å²) in [6.45, 7) is 3.78. The quantitative estimate of drug-likeness (QED) is 0.753. The minimum Gasteiger partial charge on any atom is -0.481 e. The van der Waals surface area contributed by atoms with Gasteiger partial charge < -0.3 is 5.11 Å². The molecule has 0 aromatic rings. The molecule has 1 unspecified atom stereocenters. The van der Waals surface area contributed by atoms with E-state index in [1.165, 1.54) is 38.5 Å². The Morgan fingerprint density at radius 1 is 1.18 bits per heavy atom. The number of carbonyl (C=O) groups is 1. The van der Waals surface area contributed by atoms with E-state index in [0.717, 1.165) is 25.9 Å². The van der Waals surface area contributed by atoms with Crippen molar-refractivity contribution < 1.29 is 9.90 Å². The standard InChI is InChI=1S/C14H25NO2/c1-14(13(16)17)9-6-10-15(11-14)12-7-4-2-3-5-8-12/h12H,2-11H2,1H3,(H,16,17). The third-order valence-corrected chi connectivity index (χ3v) is 4.58. The molecule has 0 radical (unpaired) electrons. The lowest BCUT2D eigenvalue weighted by Gasteiger charge is -2.41. The van der Waals surface area contributed by atoms with Crippen molar-refractivity contribution in [3.8, 4) is 0 Å². The summed E-state index contributed by atoms with van der Waals surface area (Å²) in [5.74, 6) is -0.615. The normalized spacial score (nSPS) is 33.2. The van der Waals surface area contributed by atoms with Gasteiger partial charge in [0.05, 0.1) is 5.41 Å². The summed E-state index contributed by atoms with van der Waals surface area (Å²) in [4.78, 5) is 13.8. The minimum atomic E-state index is -0.615. The fourth-order valence-corrected chi connectivity index (χ4v) is 3.39. The summed E-state index contributed by atoms with van der Waals surface area (Å²) in [7, 11) is 0. The van der Waals surface area contributed by atoms with Gasteiger partial charge in [0.15, 0.2) is 0 Å². The second-order valence-electron chi connectivity index (χ2n) is 6.09. The Bertz CT molecular complexity index is 271. The highest BCUT2D eigenvalue weighted by atomic mass is 16.4. The molecule has 1 atom stereocenters. The van der Waals surface area contributed by atoms with E-state index in [1.807, 2.05) is 6.92 Å². The molecule has 1 saturated heterocycles. The molecule has 98 valence electrons. The fourth-order valence-electron chi connectivity index (χ4n) is 3.39. The van der Waals surface area contributed by atoms with Gasteiger partial charge in [0, 0.05) is 12.6 Å². The average molecular weight is 239 g/mol. The largest absolute Gasteiger partial charge is 0.481 e. The first-order chi connectivity index (χ1) is 8.12. The van der Waals surface area contributed by atoms with Crippen molar-refractivity contribution in [3.05, 3.63) is 0 Å². The van der Waals surface area contributed by atoms with Gasteiger partial charge in [-0.15, -0.1) is 0 Å². The molecule has 0 aromatic carbocycles. The number of aliphatic carboxylic acids is 1. The van der Waals surface area contributed by atoms with Gasteiger partial charge in [0.1, 0.15) is 0 Å². The maximum atomic E-state index is 11.3. The first kappa shape index (κ1) is 12.9. The van der Waals surface area contributed by atoms with Gasteiger partial charge in [-0.05, 0) is 39.2 Å². The highest BCUT2D eigenvalue weighted by Crippen LogP contribution is 2.33. The SMILES string of the molecule is CC1(C(=O)O)CCCN(C2CCCCCC2)C1. The van der Waals surface area contributed by atoms with Gasteiger partial charge in [-0.2, -0.15) is 0 Å². The van der Waals surface area contributed by atoms with Crippen molar-refractivity contribution in [2.24, 2.45) is 5.41 Å². The molecule has 0 spiro atoms. The van der Waals surface area contributed by atoms with E-state index in [4.69, 9.17) is 0 Å². The Morgan fingerprint density at radius 3 is 2.41 bits per heavy atom. The van der Waals surface area contributed by atoms with Crippen LogP contribution in [0.4, 0.5) is 0 Å². The Morgan fingerprint density at radius 2 is 1.82 bits per heavy atom. The predicted molar refractivity (Wildman–Crippen MR) is 68.0 cm³/mol. The van der Waals surface area contributed by atoms with E-state index in [-0.39, 0.29) is 0 Å². The second-order valence-corrected chi connectivity index (χ2v) is 6.09. The van der Waals surface area contributed by atoms with Crippen LogP contribution in [0.2, 0.25) is 0 Å². The van der Waals surface area contributed by atoms with Crippen LogP contribution in [-0.2, 0) is 4.79 Å². The molecule has 1 saturated carbocycles. The van der Waals surface area contributed by atoms with Crippen molar-refractivity contribution >= 4 is 5.97 Å². The number of hydrogen-bond acceptors (Lipinski definition) is 2. The number of carboxylic acid groups (broad SMARTS) is 1. The molecule has 17 heavy (non-hydrogen) atoms. The number of likely N-dealkylation sites (tertiary alicyclic amines) is 1. The van der Waals surface area contributed by atoms with Crippen LogP contribution in [0.1, 0.15) is 58.3 Å². The average Bonchev–Trinajstić information content (AvgIpc) is 2.57. The Kier molecular flexibility index (Phi) is 4.08. The molecule has 0 amide bonds. The van der Waals surface area contributed by atoms with E-state index in [1.54, 1.807) is 0 Å². The molecule has 2 rings (SSSR count). The molecule has 3 nitrogen and oxygen atoms in total. The highest BCUT2D eigenvalue weighted by Gasteiger charge is 2.39. The molecule has 2 aliphatic rings. The molecule has 2 fully saturated rings. The van der Waals surface area contributed by atoms with E-state index >= 15 is 0 Å². The summed E-state index contributed by atoms with van der Waals surface area (Å²) < 4.78 is 0. The molecule has 3 heteroatoms. The first-order valence-electron chi connectivity index (χ1n) is 7.09. The zero-order valence-electron chi connectivity index (χ0n) is 11.0. The van der Waals surface area contributed by atoms with E-state index in [2.05, 4.69) is 4.90 Å². The predicted octanol–water partition coefficient (Wildman–Crippen LogP) is 2.90. The third-order valence-electron chi connectivity index (χ3n) is 4.58. The fraction of sp³-hybridized carbons (Fsp3) is 0.929. The number of rotatable bonds is 2. The van der Waals surface area contributed by atoms with Crippen molar-refractivity contribution in [2.45, 2.75) is 64.3 Å². The van der Waals surface area contributed by atoms with Gasteiger partial charge in [-0.25, -0.2) is 0 Å². The lowest BCUT2D eigenvalue weighted by molar-refractivity contribution is -0.151. The van der Waals surface area contributed by atoms with Crippen LogP contribution in [0, 0.1) is 5.41 Å². The Labute approximate surface area is 104 Å². The summed E-state index contributed by atoms with van der Waals surface area (Å²) in [5, 5.41) is 9.34. The van der Waals surface area contributed by atoms with Crippen LogP contribution < -0.4 is 0 Å². The molecule has 1 heterocycles. The monoisotopic (exact) mass is 239 g/mol. The number of piperidine rings is 1. The molecule has 1 N–H and O–H groups in total. The van der Waals surface area contributed by atoms with Crippen LogP contribution in [0.3, 0.4) is 0 Å². The summed E-state index contributed by atoms with van der Waals surface area (Å²) >= 11 is 0. The molecule has 0 aromatic heterocycles. The lowest BCUT2D eigenvalue weighted by atomic mass is 9.81. The zero-order valence-corrected chi connectivity index (χ0v) is 11.0. The van der Waals surface area contributed by atoms with Crippen LogP contribution in [0.25, 0.3) is 0 Å². The van der Waals surface area contributed by atoms with Gasteiger partial charge in [-0.3, -0.25) is 9.69 Å². The third kappa shape index (κ3) is 3.01. The van der Waals surface area contributed by atoms with Crippen molar-refractivity contribution in [1.82, 2.24) is 4.90 Å². The Hall–Kier alpha value is -0.570. The highest BCUT2D eigenvalue weighted by molar-refractivity contribution is 5.74. The molecule has 1 aliphatic heterocycles. The summed E-state index contributed by atoms with van der Waals surface area (Å²) in [6.07, 6.45) is 9.80. The van der Waals surface area contributed by atoms with Gasteiger partial charge in [0.2, 0.25) is 0 Å². The van der Waals surface area contributed by atoms with E-state index < -0.39 is 11.4 Å². The molecule has 1 aliphatic carbocycles. The first-order valence-corrected chi connectivity index (χ1v) is 7.09. The minimum absolute atomic E-state index is 0.509. The summed E-state index contributed by atoms with van der Waals surface area (Å²) in [6, 6.07) is 0.650. The molecular formula is C14H25NO2. The second kappa shape index (κ2) is 5.38. The number of hydrogen-bond donors (Lipinski definition) is 1. The topological polar surface area (TPSA) is 40.5 Å². The van der Waals surface area contributed by atoms with Crippen LogP contribution >= 0.6 is 0 Å². The van der Waals surface area contributed by atoms with E-state index in [0.29, 0.717) is 6.04 Å².